The van der Waals surface area contributed by atoms with E-state index in [0.29, 0.717) is 6.04 Å². The van der Waals surface area contributed by atoms with Gasteiger partial charge < -0.3 is 9.47 Å². The van der Waals surface area contributed by atoms with Gasteiger partial charge in [-0.1, -0.05) is 25.0 Å². The van der Waals surface area contributed by atoms with E-state index in [1.807, 2.05) is 30.1 Å². The molecule has 2 aromatic rings. The van der Waals surface area contributed by atoms with Gasteiger partial charge >= 0.3 is 0 Å². The zero-order valence-corrected chi connectivity index (χ0v) is 15.8. The Kier molecular flexibility index (Phi) is 5.63. The van der Waals surface area contributed by atoms with Gasteiger partial charge in [0.25, 0.3) is 0 Å². The summed E-state index contributed by atoms with van der Waals surface area (Å²) >= 11 is 0. The molecule has 5 heteroatoms. The van der Waals surface area contributed by atoms with Crippen molar-refractivity contribution in [2.45, 2.75) is 51.7 Å². The van der Waals surface area contributed by atoms with Crippen molar-refractivity contribution < 1.29 is 9.47 Å². The van der Waals surface area contributed by atoms with E-state index in [-0.39, 0.29) is 0 Å². The molecule has 1 aromatic carbocycles. The van der Waals surface area contributed by atoms with Crippen molar-refractivity contribution in [2.24, 2.45) is 7.05 Å². The van der Waals surface area contributed by atoms with Crippen LogP contribution in [0.3, 0.4) is 0 Å². The summed E-state index contributed by atoms with van der Waals surface area (Å²) in [4.78, 5) is 2.58. The summed E-state index contributed by atoms with van der Waals surface area (Å²) < 4.78 is 13.1. The van der Waals surface area contributed by atoms with Crippen LogP contribution >= 0.6 is 0 Å². The van der Waals surface area contributed by atoms with E-state index in [0.717, 1.165) is 24.6 Å². The van der Waals surface area contributed by atoms with Crippen LogP contribution in [0.5, 0.6) is 11.5 Å². The van der Waals surface area contributed by atoms with Crippen LogP contribution in [0.15, 0.2) is 24.4 Å². The van der Waals surface area contributed by atoms with Crippen LogP contribution < -0.4 is 9.47 Å². The standard InChI is InChI=1S/C20H29N3O2/c1-15-17(12-21-22(15)2)14-23(18-9-5-6-10-18)13-16-8-7-11-19(24-3)20(16)25-4/h7-8,11-12,18H,5-6,9-10,13-14H2,1-4H3. The number of aryl methyl sites for hydroxylation is 1. The van der Waals surface area contributed by atoms with E-state index in [9.17, 15) is 0 Å². The fourth-order valence-corrected chi connectivity index (χ4v) is 3.80. The molecule has 5 nitrogen and oxygen atoms in total. The molecule has 0 unspecified atom stereocenters. The first-order chi connectivity index (χ1) is 12.1. The third kappa shape index (κ3) is 3.82. The number of benzene rings is 1. The molecule has 0 aliphatic heterocycles. The van der Waals surface area contributed by atoms with Gasteiger partial charge in [-0.25, -0.2) is 0 Å². The second kappa shape index (κ2) is 7.91. The summed E-state index contributed by atoms with van der Waals surface area (Å²) in [5, 5.41) is 4.41. The summed E-state index contributed by atoms with van der Waals surface area (Å²) in [6.07, 6.45) is 7.18. The minimum atomic E-state index is 0.621. The molecule has 1 saturated carbocycles. The van der Waals surface area contributed by atoms with Crippen LogP contribution in [-0.4, -0.2) is 34.9 Å². The predicted octanol–water partition coefficient (Wildman–Crippen LogP) is 3.69. The highest BCUT2D eigenvalue weighted by molar-refractivity contribution is 5.46. The van der Waals surface area contributed by atoms with Crippen LogP contribution in [0.2, 0.25) is 0 Å². The molecule has 0 spiro atoms. The van der Waals surface area contributed by atoms with E-state index in [1.54, 1.807) is 14.2 Å². The predicted molar refractivity (Wildman–Crippen MR) is 99.0 cm³/mol. The highest BCUT2D eigenvalue weighted by atomic mass is 16.5. The number of ether oxygens (including phenoxy) is 2. The van der Waals surface area contributed by atoms with Gasteiger partial charge in [-0.2, -0.15) is 5.10 Å². The van der Waals surface area contributed by atoms with Gasteiger partial charge in [0.15, 0.2) is 11.5 Å². The zero-order valence-electron chi connectivity index (χ0n) is 15.8. The van der Waals surface area contributed by atoms with E-state index in [4.69, 9.17) is 9.47 Å². The number of hydrogen-bond acceptors (Lipinski definition) is 4. The Hall–Kier alpha value is -2.01. The number of rotatable bonds is 7. The lowest BCUT2D eigenvalue weighted by molar-refractivity contribution is 0.177. The van der Waals surface area contributed by atoms with Crippen molar-refractivity contribution in [3.05, 3.63) is 41.2 Å². The molecule has 0 saturated heterocycles. The number of methoxy groups -OCH3 is 2. The van der Waals surface area contributed by atoms with Gasteiger partial charge in [-0.3, -0.25) is 9.58 Å². The molecule has 1 fully saturated rings. The largest absolute Gasteiger partial charge is 0.493 e. The van der Waals surface area contributed by atoms with Crippen molar-refractivity contribution in [1.29, 1.82) is 0 Å². The van der Waals surface area contributed by atoms with Crippen LogP contribution in [0.25, 0.3) is 0 Å². The lowest BCUT2D eigenvalue weighted by atomic mass is 10.1. The van der Waals surface area contributed by atoms with Gasteiger partial charge in [0.2, 0.25) is 0 Å². The van der Waals surface area contributed by atoms with Gasteiger partial charge in [0, 0.05) is 43.0 Å². The van der Waals surface area contributed by atoms with Gasteiger partial charge in [-0.05, 0) is 25.8 Å². The highest BCUT2D eigenvalue weighted by Gasteiger charge is 2.25. The molecule has 0 N–H and O–H groups in total. The van der Waals surface area contributed by atoms with Gasteiger partial charge in [0.05, 0.1) is 20.4 Å². The average Bonchev–Trinajstić information content (AvgIpc) is 3.26. The van der Waals surface area contributed by atoms with Crippen molar-refractivity contribution in [3.63, 3.8) is 0 Å². The minimum Gasteiger partial charge on any atom is -0.493 e. The number of aromatic nitrogens is 2. The summed E-state index contributed by atoms with van der Waals surface area (Å²) in [5.74, 6) is 1.64. The molecule has 0 bridgehead atoms. The first-order valence-corrected chi connectivity index (χ1v) is 9.05. The monoisotopic (exact) mass is 343 g/mol. The van der Waals surface area contributed by atoms with Crippen molar-refractivity contribution in [1.82, 2.24) is 14.7 Å². The third-order valence-corrected chi connectivity index (χ3v) is 5.41. The molecule has 1 heterocycles. The molecule has 25 heavy (non-hydrogen) atoms. The Morgan fingerprint density at radius 2 is 1.84 bits per heavy atom. The Morgan fingerprint density at radius 3 is 2.44 bits per heavy atom. The Labute approximate surface area is 150 Å². The summed E-state index contributed by atoms with van der Waals surface area (Å²) in [6, 6.07) is 6.75. The molecular weight excluding hydrogens is 314 g/mol. The third-order valence-electron chi connectivity index (χ3n) is 5.41. The number of hydrogen-bond donors (Lipinski definition) is 0. The number of para-hydroxylation sites is 1. The quantitative estimate of drug-likeness (QED) is 0.769. The minimum absolute atomic E-state index is 0.621. The molecule has 3 rings (SSSR count). The Morgan fingerprint density at radius 1 is 1.12 bits per heavy atom. The van der Waals surface area contributed by atoms with Crippen LogP contribution in [0.1, 0.15) is 42.5 Å². The molecule has 1 aromatic heterocycles. The summed E-state index contributed by atoms with van der Waals surface area (Å²) in [6.45, 7) is 3.92. The van der Waals surface area contributed by atoms with E-state index in [1.165, 1.54) is 42.5 Å². The van der Waals surface area contributed by atoms with Gasteiger partial charge in [-0.15, -0.1) is 0 Å². The molecular formula is C20H29N3O2. The van der Waals surface area contributed by atoms with Crippen LogP contribution in [-0.2, 0) is 20.1 Å². The van der Waals surface area contributed by atoms with Crippen molar-refractivity contribution in [2.75, 3.05) is 14.2 Å². The average molecular weight is 343 g/mol. The van der Waals surface area contributed by atoms with Crippen LogP contribution in [0, 0.1) is 6.92 Å². The molecule has 1 aliphatic rings. The van der Waals surface area contributed by atoms with Crippen molar-refractivity contribution >= 4 is 0 Å². The molecule has 0 radical (unpaired) electrons. The highest BCUT2D eigenvalue weighted by Crippen LogP contribution is 2.34. The molecule has 136 valence electrons. The van der Waals surface area contributed by atoms with Gasteiger partial charge in [0.1, 0.15) is 0 Å². The Bertz CT molecular complexity index is 705. The fraction of sp³-hybridized carbons (Fsp3) is 0.550. The maximum atomic E-state index is 5.64. The Balaban J connectivity index is 1.86. The smallest absolute Gasteiger partial charge is 0.165 e. The maximum absolute atomic E-state index is 5.64. The molecule has 0 amide bonds. The lowest BCUT2D eigenvalue weighted by Crippen LogP contribution is -2.32. The first-order valence-electron chi connectivity index (χ1n) is 9.05. The van der Waals surface area contributed by atoms with E-state index < -0.39 is 0 Å². The zero-order chi connectivity index (χ0) is 17.8. The summed E-state index contributed by atoms with van der Waals surface area (Å²) in [7, 11) is 5.41. The topological polar surface area (TPSA) is 39.5 Å². The fourth-order valence-electron chi connectivity index (χ4n) is 3.80. The van der Waals surface area contributed by atoms with E-state index >= 15 is 0 Å². The first kappa shape index (κ1) is 17.8. The maximum Gasteiger partial charge on any atom is 0.165 e. The second-order valence-corrected chi connectivity index (χ2v) is 6.87. The SMILES string of the molecule is COc1cccc(CN(Cc2cnn(C)c2C)C2CCCC2)c1OC. The van der Waals surface area contributed by atoms with Crippen molar-refractivity contribution in [3.8, 4) is 11.5 Å². The lowest BCUT2D eigenvalue weighted by Gasteiger charge is -2.29. The summed E-state index contributed by atoms with van der Waals surface area (Å²) in [5.41, 5.74) is 3.71. The normalized spacial score (nSPS) is 15.1. The van der Waals surface area contributed by atoms with E-state index in [2.05, 4.69) is 23.0 Å². The molecule has 1 aliphatic carbocycles. The second-order valence-electron chi connectivity index (χ2n) is 6.87. The number of nitrogens with zero attached hydrogens (tertiary/aromatic N) is 3. The van der Waals surface area contributed by atoms with Crippen LogP contribution in [0.4, 0.5) is 0 Å². The molecule has 0 atom stereocenters.